The molecule has 1 aromatic heterocycles. The Hall–Kier alpha value is -4.59. The zero-order chi connectivity index (χ0) is 31.3. The number of aromatic nitrogens is 2. The van der Waals surface area contributed by atoms with Crippen LogP contribution in [0.2, 0.25) is 0 Å². The molecule has 4 aromatic rings. The lowest BCUT2D eigenvalue weighted by molar-refractivity contribution is -0.0592. The van der Waals surface area contributed by atoms with Gasteiger partial charge in [0.15, 0.2) is 0 Å². The molecule has 2 aliphatic heterocycles. The molecule has 3 heterocycles. The Morgan fingerprint density at radius 1 is 1.02 bits per heavy atom. The third-order valence-electron chi connectivity index (χ3n) is 8.81. The topological polar surface area (TPSA) is 108 Å². The number of methoxy groups -OCH3 is 3. The predicted octanol–water partition coefficient (Wildman–Crippen LogP) is 5.46. The van der Waals surface area contributed by atoms with E-state index in [2.05, 4.69) is 27.7 Å². The van der Waals surface area contributed by atoms with Gasteiger partial charge in [0.25, 0.3) is 0 Å². The second-order valence-corrected chi connectivity index (χ2v) is 11.5. The van der Waals surface area contributed by atoms with Crippen LogP contribution in [-0.4, -0.2) is 67.6 Å². The zero-order valence-electron chi connectivity index (χ0n) is 26.0. The highest BCUT2D eigenvalue weighted by Crippen LogP contribution is 2.34. The van der Waals surface area contributed by atoms with Crippen molar-refractivity contribution in [2.24, 2.45) is 0 Å². The summed E-state index contributed by atoms with van der Waals surface area (Å²) in [5.41, 5.74) is 4.75. The minimum Gasteiger partial charge on any atom is -0.496 e. The SMILES string of the molecule is COC(=O)c1cc(OC)c2nc(CN3CCC(c4cccc(OCc5ccc(C#N)cc5OC)c4)CC3)n(CC3CCO3)c2c1. The average molecular weight is 611 g/mol. The first-order valence-electron chi connectivity index (χ1n) is 15.3. The molecule has 2 aliphatic rings. The maximum Gasteiger partial charge on any atom is 0.338 e. The molecule has 0 bridgehead atoms. The minimum absolute atomic E-state index is 0.132. The van der Waals surface area contributed by atoms with Crippen molar-refractivity contribution in [1.82, 2.24) is 14.5 Å². The van der Waals surface area contributed by atoms with Crippen LogP contribution >= 0.6 is 0 Å². The molecule has 234 valence electrons. The van der Waals surface area contributed by atoms with Crippen molar-refractivity contribution in [2.75, 3.05) is 41.0 Å². The summed E-state index contributed by atoms with van der Waals surface area (Å²) < 4.78 is 30.2. The van der Waals surface area contributed by atoms with E-state index in [0.717, 1.165) is 67.1 Å². The van der Waals surface area contributed by atoms with Crippen LogP contribution in [0.15, 0.2) is 54.6 Å². The van der Waals surface area contributed by atoms with Crippen LogP contribution in [0.3, 0.4) is 0 Å². The Morgan fingerprint density at radius 2 is 1.82 bits per heavy atom. The molecule has 1 unspecified atom stereocenters. The number of hydrogen-bond donors (Lipinski definition) is 0. The summed E-state index contributed by atoms with van der Waals surface area (Å²) in [5.74, 6) is 2.98. The number of carbonyl (C=O) groups is 1. The van der Waals surface area contributed by atoms with E-state index < -0.39 is 5.97 Å². The summed E-state index contributed by atoms with van der Waals surface area (Å²) in [6.07, 6.45) is 3.18. The molecule has 0 amide bonds. The van der Waals surface area contributed by atoms with Crippen molar-refractivity contribution in [1.29, 1.82) is 5.26 Å². The Kier molecular flexibility index (Phi) is 9.19. The van der Waals surface area contributed by atoms with Gasteiger partial charge in [-0.2, -0.15) is 5.26 Å². The van der Waals surface area contributed by atoms with Crippen molar-refractivity contribution in [3.63, 3.8) is 0 Å². The summed E-state index contributed by atoms with van der Waals surface area (Å²) in [7, 11) is 4.58. The van der Waals surface area contributed by atoms with Gasteiger partial charge in [0, 0.05) is 12.2 Å². The van der Waals surface area contributed by atoms with Gasteiger partial charge in [-0.15, -0.1) is 0 Å². The molecule has 10 heteroatoms. The number of carbonyl (C=O) groups excluding carboxylic acids is 1. The summed E-state index contributed by atoms with van der Waals surface area (Å²) in [4.78, 5) is 19.9. The van der Waals surface area contributed by atoms with Crippen molar-refractivity contribution < 1.29 is 28.5 Å². The standard InChI is InChI=1S/C35H38N4O6/c1-41-31-15-23(19-36)7-8-26(31)22-45-28-6-4-5-25(16-28)24-9-12-38(13-10-24)21-33-37-34-30(39(33)20-29-11-14-44-29)17-27(35(40)43-3)18-32(34)42-2/h4-8,15-18,24,29H,9-14,20-22H2,1-3H3. The maximum absolute atomic E-state index is 12.4. The van der Waals surface area contributed by atoms with Crippen LogP contribution in [0.5, 0.6) is 17.2 Å². The van der Waals surface area contributed by atoms with Gasteiger partial charge in [0.05, 0.1) is 63.2 Å². The molecular weight excluding hydrogens is 572 g/mol. The number of likely N-dealkylation sites (tertiary alicyclic amines) is 1. The van der Waals surface area contributed by atoms with Crippen molar-refractivity contribution in [3.05, 3.63) is 82.7 Å². The van der Waals surface area contributed by atoms with E-state index in [9.17, 15) is 10.1 Å². The molecule has 10 nitrogen and oxygen atoms in total. The van der Waals surface area contributed by atoms with E-state index in [-0.39, 0.29) is 6.10 Å². The van der Waals surface area contributed by atoms with Gasteiger partial charge in [-0.1, -0.05) is 18.2 Å². The van der Waals surface area contributed by atoms with E-state index in [0.29, 0.717) is 48.2 Å². The number of esters is 1. The van der Waals surface area contributed by atoms with Crippen LogP contribution in [-0.2, 0) is 29.2 Å². The second kappa shape index (κ2) is 13.6. The number of imidazole rings is 1. The number of hydrogen-bond acceptors (Lipinski definition) is 9. The van der Waals surface area contributed by atoms with Crippen LogP contribution in [0.25, 0.3) is 11.0 Å². The fourth-order valence-electron chi connectivity index (χ4n) is 6.16. The Labute approximate surface area is 263 Å². The third-order valence-corrected chi connectivity index (χ3v) is 8.81. The smallest absolute Gasteiger partial charge is 0.338 e. The molecule has 0 aliphatic carbocycles. The lowest BCUT2D eigenvalue weighted by atomic mass is 9.89. The maximum atomic E-state index is 12.4. The number of fused-ring (bicyclic) bond motifs is 1. The van der Waals surface area contributed by atoms with E-state index in [4.69, 9.17) is 28.7 Å². The highest BCUT2D eigenvalue weighted by atomic mass is 16.5. The fraction of sp³-hybridized carbons (Fsp3) is 0.400. The molecule has 0 radical (unpaired) electrons. The van der Waals surface area contributed by atoms with E-state index in [1.807, 2.05) is 24.3 Å². The molecular formula is C35H38N4O6. The molecule has 0 spiro atoms. The number of benzene rings is 3. The van der Waals surface area contributed by atoms with Crippen molar-refractivity contribution in [2.45, 2.75) is 51.0 Å². The summed E-state index contributed by atoms with van der Waals surface area (Å²) in [6.45, 7) is 4.37. The first kappa shape index (κ1) is 30.4. The molecule has 45 heavy (non-hydrogen) atoms. The molecule has 6 rings (SSSR count). The van der Waals surface area contributed by atoms with Gasteiger partial charge < -0.3 is 28.3 Å². The summed E-state index contributed by atoms with van der Waals surface area (Å²) in [5, 5.41) is 9.17. The largest absolute Gasteiger partial charge is 0.496 e. The predicted molar refractivity (Wildman–Crippen MR) is 168 cm³/mol. The lowest BCUT2D eigenvalue weighted by Gasteiger charge is -2.33. The van der Waals surface area contributed by atoms with E-state index >= 15 is 0 Å². The highest BCUT2D eigenvalue weighted by molar-refractivity contribution is 5.96. The van der Waals surface area contributed by atoms with Gasteiger partial charge in [-0.05, 0) is 80.2 Å². The molecule has 0 saturated carbocycles. The van der Waals surface area contributed by atoms with Crippen LogP contribution in [0.1, 0.15) is 58.1 Å². The monoisotopic (exact) mass is 610 g/mol. The van der Waals surface area contributed by atoms with Gasteiger partial charge in [0.2, 0.25) is 0 Å². The molecule has 2 fully saturated rings. The summed E-state index contributed by atoms with van der Waals surface area (Å²) in [6, 6.07) is 19.4. The number of nitrogens with zero attached hydrogens (tertiary/aromatic N) is 4. The van der Waals surface area contributed by atoms with Gasteiger partial charge >= 0.3 is 5.97 Å². The lowest BCUT2D eigenvalue weighted by Crippen LogP contribution is -2.35. The van der Waals surface area contributed by atoms with Gasteiger partial charge in [-0.25, -0.2) is 9.78 Å². The minimum atomic E-state index is -0.407. The average Bonchev–Trinajstić information content (AvgIpc) is 3.41. The third kappa shape index (κ3) is 6.60. The van der Waals surface area contributed by atoms with E-state index in [1.54, 1.807) is 32.4 Å². The molecule has 2 saturated heterocycles. The van der Waals surface area contributed by atoms with Crippen molar-refractivity contribution >= 4 is 17.0 Å². The molecule has 3 aromatic carbocycles. The van der Waals surface area contributed by atoms with Crippen LogP contribution in [0, 0.1) is 11.3 Å². The quantitative estimate of drug-likeness (QED) is 0.205. The second-order valence-electron chi connectivity index (χ2n) is 11.5. The highest BCUT2D eigenvalue weighted by Gasteiger charge is 2.27. The number of ether oxygens (including phenoxy) is 5. The molecule has 1 atom stereocenters. The first-order chi connectivity index (χ1) is 22.0. The molecule has 0 N–H and O–H groups in total. The van der Waals surface area contributed by atoms with Gasteiger partial charge in [-0.3, -0.25) is 4.90 Å². The summed E-state index contributed by atoms with van der Waals surface area (Å²) >= 11 is 0. The van der Waals surface area contributed by atoms with Crippen LogP contribution < -0.4 is 14.2 Å². The number of rotatable bonds is 11. The van der Waals surface area contributed by atoms with Crippen LogP contribution in [0.4, 0.5) is 0 Å². The Balaban J connectivity index is 1.14. The number of nitriles is 1. The Morgan fingerprint density at radius 3 is 2.51 bits per heavy atom. The number of piperidine rings is 1. The normalized spacial score (nSPS) is 17.0. The van der Waals surface area contributed by atoms with Gasteiger partial charge in [0.1, 0.15) is 35.2 Å². The first-order valence-corrected chi connectivity index (χ1v) is 15.3. The van der Waals surface area contributed by atoms with E-state index in [1.165, 1.54) is 12.7 Å². The Bertz CT molecular complexity index is 1720. The zero-order valence-corrected chi connectivity index (χ0v) is 26.0. The fourth-order valence-corrected chi connectivity index (χ4v) is 6.16. The van der Waals surface area contributed by atoms with Crippen molar-refractivity contribution in [3.8, 4) is 23.3 Å².